The van der Waals surface area contributed by atoms with Crippen LogP contribution in [-0.4, -0.2) is 46.8 Å². The summed E-state index contributed by atoms with van der Waals surface area (Å²) in [4.78, 5) is 37.8. The van der Waals surface area contributed by atoms with Crippen molar-refractivity contribution in [1.82, 2.24) is 10.2 Å². The lowest BCUT2D eigenvalue weighted by Crippen LogP contribution is -2.46. The van der Waals surface area contributed by atoms with Crippen molar-refractivity contribution >= 4 is 18.2 Å². The summed E-state index contributed by atoms with van der Waals surface area (Å²) >= 11 is 0. The lowest BCUT2D eigenvalue weighted by atomic mass is 10.1. The standard InChI is InChI=1S/C23H26N2O6/c26-21(27)20(24-22(28)30-15-17-8-3-1-4-9-17)14-19-12-7-13-25(19)23(29)31-16-18-10-5-2-6-11-18/h1-6,8-11,19-20H,7,12-16H2,(H,24,28)(H,26,27). The Kier molecular flexibility index (Phi) is 7.86. The molecule has 0 aromatic heterocycles. The van der Waals surface area contributed by atoms with Gasteiger partial charge >= 0.3 is 18.2 Å². The molecule has 0 bridgehead atoms. The van der Waals surface area contributed by atoms with Crippen LogP contribution in [0.5, 0.6) is 0 Å². The smallest absolute Gasteiger partial charge is 0.410 e. The van der Waals surface area contributed by atoms with Crippen LogP contribution in [0.15, 0.2) is 60.7 Å². The Morgan fingerprint density at radius 1 is 0.968 bits per heavy atom. The summed E-state index contributed by atoms with van der Waals surface area (Å²) in [6.07, 6.45) is 0.173. The highest BCUT2D eigenvalue weighted by atomic mass is 16.6. The van der Waals surface area contributed by atoms with Crippen molar-refractivity contribution in [3.05, 3.63) is 71.8 Å². The molecule has 0 saturated carbocycles. The number of rotatable bonds is 8. The molecule has 8 heteroatoms. The molecule has 164 valence electrons. The van der Waals surface area contributed by atoms with Gasteiger partial charge in [-0.1, -0.05) is 60.7 Å². The molecule has 2 aromatic rings. The fraction of sp³-hybridized carbons (Fsp3) is 0.348. The van der Waals surface area contributed by atoms with Gasteiger partial charge in [0.05, 0.1) is 0 Å². The first kappa shape index (κ1) is 22.1. The maximum Gasteiger partial charge on any atom is 0.410 e. The molecule has 1 fully saturated rings. The third-order valence-corrected chi connectivity index (χ3v) is 5.13. The van der Waals surface area contributed by atoms with Gasteiger partial charge in [-0.2, -0.15) is 0 Å². The van der Waals surface area contributed by atoms with Gasteiger partial charge in [-0.3, -0.25) is 0 Å². The molecule has 1 aliphatic rings. The number of carboxylic acids is 1. The molecule has 2 atom stereocenters. The van der Waals surface area contributed by atoms with Gasteiger partial charge in [0.2, 0.25) is 0 Å². The molecule has 1 heterocycles. The van der Waals surface area contributed by atoms with Gasteiger partial charge < -0.3 is 24.8 Å². The van der Waals surface area contributed by atoms with E-state index in [4.69, 9.17) is 9.47 Å². The molecule has 1 aliphatic heterocycles. The third-order valence-electron chi connectivity index (χ3n) is 5.13. The zero-order valence-electron chi connectivity index (χ0n) is 17.1. The Hall–Kier alpha value is -3.55. The third kappa shape index (κ3) is 6.74. The van der Waals surface area contributed by atoms with E-state index in [9.17, 15) is 19.5 Å². The van der Waals surface area contributed by atoms with Crippen molar-refractivity contribution in [3.8, 4) is 0 Å². The van der Waals surface area contributed by atoms with Crippen molar-refractivity contribution in [2.24, 2.45) is 0 Å². The number of likely N-dealkylation sites (tertiary alicyclic amines) is 1. The van der Waals surface area contributed by atoms with Gasteiger partial charge in [0.25, 0.3) is 0 Å². The van der Waals surface area contributed by atoms with Crippen molar-refractivity contribution in [1.29, 1.82) is 0 Å². The van der Waals surface area contributed by atoms with Gasteiger partial charge in [-0.15, -0.1) is 0 Å². The van der Waals surface area contributed by atoms with E-state index in [0.717, 1.165) is 17.5 Å². The van der Waals surface area contributed by atoms with Crippen LogP contribution in [0, 0.1) is 0 Å². The van der Waals surface area contributed by atoms with Gasteiger partial charge in [0.15, 0.2) is 0 Å². The minimum absolute atomic E-state index is 0.0420. The molecule has 2 aromatic carbocycles. The van der Waals surface area contributed by atoms with Crippen LogP contribution in [0.2, 0.25) is 0 Å². The van der Waals surface area contributed by atoms with Crippen LogP contribution < -0.4 is 5.32 Å². The van der Waals surface area contributed by atoms with E-state index < -0.39 is 24.2 Å². The predicted octanol–water partition coefficient (Wildman–Crippen LogP) is 3.56. The fourth-order valence-corrected chi connectivity index (χ4v) is 3.52. The molecular formula is C23H26N2O6. The molecule has 0 spiro atoms. The summed E-state index contributed by atoms with van der Waals surface area (Å²) in [7, 11) is 0. The van der Waals surface area contributed by atoms with E-state index in [2.05, 4.69) is 5.32 Å². The minimum atomic E-state index is -1.18. The van der Waals surface area contributed by atoms with Crippen LogP contribution in [0.4, 0.5) is 9.59 Å². The average molecular weight is 426 g/mol. The predicted molar refractivity (Wildman–Crippen MR) is 112 cm³/mol. The highest BCUT2D eigenvalue weighted by Gasteiger charge is 2.34. The lowest BCUT2D eigenvalue weighted by Gasteiger charge is -2.26. The van der Waals surface area contributed by atoms with E-state index in [1.807, 2.05) is 48.5 Å². The van der Waals surface area contributed by atoms with E-state index in [1.54, 1.807) is 12.1 Å². The molecule has 0 aliphatic carbocycles. The Morgan fingerprint density at radius 3 is 2.13 bits per heavy atom. The first-order valence-electron chi connectivity index (χ1n) is 10.2. The van der Waals surface area contributed by atoms with Gasteiger partial charge in [0.1, 0.15) is 19.3 Å². The summed E-state index contributed by atoms with van der Waals surface area (Å²) < 4.78 is 10.5. The second-order valence-corrected chi connectivity index (χ2v) is 7.36. The largest absolute Gasteiger partial charge is 0.480 e. The van der Waals surface area contributed by atoms with Crippen molar-refractivity contribution < 1.29 is 29.0 Å². The number of amides is 2. The Balaban J connectivity index is 1.51. The normalized spacial score (nSPS) is 16.4. The fourth-order valence-electron chi connectivity index (χ4n) is 3.52. The molecule has 1 saturated heterocycles. The van der Waals surface area contributed by atoms with Gasteiger partial charge in [-0.25, -0.2) is 14.4 Å². The SMILES string of the molecule is O=C(NC(CC1CCCN1C(=O)OCc1ccccc1)C(=O)O)OCc1ccccc1. The number of carboxylic acid groups (broad SMARTS) is 1. The highest BCUT2D eigenvalue weighted by Crippen LogP contribution is 2.23. The number of carbonyl (C=O) groups excluding carboxylic acids is 2. The van der Waals surface area contributed by atoms with Crippen molar-refractivity contribution in [2.75, 3.05) is 6.54 Å². The maximum absolute atomic E-state index is 12.5. The summed E-state index contributed by atoms with van der Waals surface area (Å²) in [6, 6.07) is 16.9. The van der Waals surface area contributed by atoms with E-state index >= 15 is 0 Å². The number of nitrogens with one attached hydrogen (secondary N) is 1. The molecule has 31 heavy (non-hydrogen) atoms. The van der Waals surface area contributed by atoms with Crippen LogP contribution in [0.1, 0.15) is 30.4 Å². The number of carbonyl (C=O) groups is 3. The Bertz CT molecular complexity index is 874. The zero-order chi connectivity index (χ0) is 22.1. The van der Waals surface area contributed by atoms with Crippen LogP contribution in [-0.2, 0) is 27.5 Å². The molecule has 8 nitrogen and oxygen atoms in total. The topological polar surface area (TPSA) is 105 Å². The second-order valence-electron chi connectivity index (χ2n) is 7.36. The summed E-state index contributed by atoms with van der Waals surface area (Å²) in [5.41, 5.74) is 1.67. The number of alkyl carbamates (subject to hydrolysis) is 1. The van der Waals surface area contributed by atoms with E-state index in [1.165, 1.54) is 4.90 Å². The summed E-state index contributed by atoms with van der Waals surface area (Å²) in [5.74, 6) is -1.18. The highest BCUT2D eigenvalue weighted by molar-refractivity contribution is 5.80. The zero-order valence-corrected chi connectivity index (χ0v) is 17.1. The Labute approximate surface area is 180 Å². The first-order chi connectivity index (χ1) is 15.0. The average Bonchev–Trinajstić information content (AvgIpc) is 3.25. The van der Waals surface area contributed by atoms with E-state index in [-0.39, 0.29) is 25.7 Å². The minimum Gasteiger partial charge on any atom is -0.480 e. The second kappa shape index (κ2) is 11.0. The monoisotopic (exact) mass is 426 g/mol. The molecule has 3 rings (SSSR count). The molecule has 2 N–H and O–H groups in total. The number of ether oxygens (including phenoxy) is 2. The van der Waals surface area contributed by atoms with E-state index in [0.29, 0.717) is 13.0 Å². The molecular weight excluding hydrogens is 400 g/mol. The van der Waals surface area contributed by atoms with Crippen LogP contribution in [0.3, 0.4) is 0 Å². The number of aliphatic carboxylic acids is 1. The lowest BCUT2D eigenvalue weighted by molar-refractivity contribution is -0.139. The summed E-state index contributed by atoms with van der Waals surface area (Å²) in [6.45, 7) is 0.679. The quantitative estimate of drug-likeness (QED) is 0.669. The van der Waals surface area contributed by atoms with Gasteiger partial charge in [0, 0.05) is 12.6 Å². The summed E-state index contributed by atoms with van der Waals surface area (Å²) in [5, 5.41) is 11.9. The van der Waals surface area contributed by atoms with Crippen LogP contribution >= 0.6 is 0 Å². The number of hydrogen-bond acceptors (Lipinski definition) is 5. The van der Waals surface area contributed by atoms with Gasteiger partial charge in [-0.05, 0) is 30.4 Å². The number of benzene rings is 2. The number of nitrogens with zero attached hydrogens (tertiary/aromatic N) is 1. The van der Waals surface area contributed by atoms with Crippen LogP contribution in [0.25, 0.3) is 0 Å². The Morgan fingerprint density at radius 2 is 1.55 bits per heavy atom. The molecule has 0 radical (unpaired) electrons. The van der Waals surface area contributed by atoms with Crippen molar-refractivity contribution in [3.63, 3.8) is 0 Å². The maximum atomic E-state index is 12.5. The number of hydrogen-bond donors (Lipinski definition) is 2. The molecule has 2 unspecified atom stereocenters. The first-order valence-corrected chi connectivity index (χ1v) is 10.2. The molecule has 2 amide bonds. The van der Waals surface area contributed by atoms with Crippen molar-refractivity contribution in [2.45, 2.75) is 44.6 Å².